The maximum absolute atomic E-state index is 12.9. The maximum Gasteiger partial charge on any atom is 0.435 e. The summed E-state index contributed by atoms with van der Waals surface area (Å²) < 4.78 is 40.1. The van der Waals surface area contributed by atoms with Gasteiger partial charge in [0.25, 0.3) is 0 Å². The Morgan fingerprint density at radius 2 is 2.08 bits per heavy atom. The van der Waals surface area contributed by atoms with Crippen LogP contribution in [0.25, 0.3) is 0 Å². The third-order valence-electron chi connectivity index (χ3n) is 4.67. The molecule has 26 heavy (non-hydrogen) atoms. The van der Waals surface area contributed by atoms with E-state index in [1.54, 1.807) is 6.92 Å². The van der Waals surface area contributed by atoms with E-state index in [2.05, 4.69) is 17.0 Å². The molecule has 2 aliphatic rings. The summed E-state index contributed by atoms with van der Waals surface area (Å²) in [5, 5.41) is 6.49. The Morgan fingerprint density at radius 1 is 1.42 bits per heavy atom. The van der Waals surface area contributed by atoms with Crippen LogP contribution < -0.4 is 5.32 Å². The van der Waals surface area contributed by atoms with Gasteiger partial charge in [0, 0.05) is 30.7 Å². The molecule has 1 aliphatic heterocycles. The molecule has 0 aromatic carbocycles. The van der Waals surface area contributed by atoms with Gasteiger partial charge in [-0.2, -0.15) is 18.3 Å². The number of alkyl halides is 3. The van der Waals surface area contributed by atoms with Crippen LogP contribution in [0, 0.1) is 5.92 Å². The van der Waals surface area contributed by atoms with Crippen LogP contribution in [0.15, 0.2) is 18.7 Å². The zero-order valence-corrected chi connectivity index (χ0v) is 14.4. The molecule has 3 rings (SSSR count). The molecular formula is C17H21F3N4O2. The molecule has 2 fully saturated rings. The number of rotatable bonds is 6. The topological polar surface area (TPSA) is 67.2 Å². The van der Waals surface area contributed by atoms with Gasteiger partial charge in [0.2, 0.25) is 11.8 Å². The number of nitrogens with zero attached hydrogens (tertiary/aromatic N) is 3. The molecule has 2 amide bonds. The summed E-state index contributed by atoms with van der Waals surface area (Å²) in [6.07, 6.45) is -1.56. The first kappa shape index (κ1) is 18.5. The molecule has 0 spiro atoms. The van der Waals surface area contributed by atoms with Crippen LogP contribution in [0.5, 0.6) is 0 Å². The van der Waals surface area contributed by atoms with Gasteiger partial charge >= 0.3 is 6.18 Å². The Hall–Kier alpha value is -2.32. The van der Waals surface area contributed by atoms with E-state index < -0.39 is 11.9 Å². The third-order valence-corrected chi connectivity index (χ3v) is 4.67. The Morgan fingerprint density at radius 3 is 2.62 bits per heavy atom. The van der Waals surface area contributed by atoms with Crippen LogP contribution in [0.1, 0.15) is 37.1 Å². The van der Waals surface area contributed by atoms with E-state index in [0.29, 0.717) is 18.8 Å². The summed E-state index contributed by atoms with van der Waals surface area (Å²) >= 11 is 0. The zero-order chi connectivity index (χ0) is 19.1. The smallest absolute Gasteiger partial charge is 0.351 e. The minimum Gasteiger partial charge on any atom is -0.351 e. The van der Waals surface area contributed by atoms with Crippen LogP contribution in [0.2, 0.25) is 0 Å². The predicted octanol–water partition coefficient (Wildman–Crippen LogP) is 1.93. The Kier molecular flexibility index (Phi) is 4.81. The first-order valence-electron chi connectivity index (χ1n) is 8.55. The predicted molar refractivity (Wildman–Crippen MR) is 87.1 cm³/mol. The van der Waals surface area contributed by atoms with Gasteiger partial charge in [0.15, 0.2) is 5.69 Å². The number of nitrogens with one attached hydrogen (secondary N) is 1. The summed E-state index contributed by atoms with van der Waals surface area (Å²) in [7, 11) is 0. The molecule has 0 bridgehead atoms. The average Bonchev–Trinajstić information content (AvgIpc) is 3.25. The van der Waals surface area contributed by atoms with E-state index >= 15 is 0 Å². The highest BCUT2D eigenvalue weighted by Crippen LogP contribution is 2.42. The number of aromatic nitrogens is 2. The van der Waals surface area contributed by atoms with E-state index in [1.807, 2.05) is 0 Å². The second kappa shape index (κ2) is 6.77. The van der Waals surface area contributed by atoms with Crippen molar-refractivity contribution in [2.75, 3.05) is 13.1 Å². The van der Waals surface area contributed by atoms with Gasteiger partial charge in [0.05, 0.1) is 12.5 Å². The molecule has 2 heterocycles. The summed E-state index contributed by atoms with van der Waals surface area (Å²) in [4.78, 5) is 25.1. The molecule has 1 aromatic heterocycles. The molecule has 1 unspecified atom stereocenters. The third kappa shape index (κ3) is 3.91. The number of halogens is 3. The first-order chi connectivity index (χ1) is 12.2. The van der Waals surface area contributed by atoms with Gasteiger partial charge in [-0.05, 0) is 31.9 Å². The highest BCUT2D eigenvalue weighted by Gasteiger charge is 2.38. The highest BCUT2D eigenvalue weighted by molar-refractivity contribution is 5.90. The van der Waals surface area contributed by atoms with Gasteiger partial charge < -0.3 is 10.2 Å². The summed E-state index contributed by atoms with van der Waals surface area (Å²) in [6.45, 7) is 5.96. The van der Waals surface area contributed by atoms with Crippen molar-refractivity contribution in [2.45, 2.75) is 44.4 Å². The average molecular weight is 370 g/mol. The second-order valence-corrected chi connectivity index (χ2v) is 6.96. The number of amides is 2. The largest absolute Gasteiger partial charge is 0.435 e. The SMILES string of the molecule is C=CC(=O)N1CC(C(=O)NC(C)Cn2nc(C(F)(F)F)cc2C2CC2)C1. The lowest BCUT2D eigenvalue weighted by Crippen LogP contribution is -2.56. The monoisotopic (exact) mass is 370 g/mol. The second-order valence-electron chi connectivity index (χ2n) is 6.96. The summed E-state index contributed by atoms with van der Waals surface area (Å²) in [5.74, 6) is -0.603. The fraction of sp³-hybridized carbons (Fsp3) is 0.588. The lowest BCUT2D eigenvalue weighted by atomic mass is 9.98. The van der Waals surface area contributed by atoms with Crippen molar-refractivity contribution < 1.29 is 22.8 Å². The van der Waals surface area contributed by atoms with Gasteiger partial charge in [-0.3, -0.25) is 14.3 Å². The summed E-state index contributed by atoms with van der Waals surface area (Å²) in [5.41, 5.74) is -0.319. The normalized spacial score (nSPS) is 19.0. The van der Waals surface area contributed by atoms with Gasteiger partial charge in [-0.15, -0.1) is 0 Å². The molecule has 142 valence electrons. The summed E-state index contributed by atoms with van der Waals surface area (Å²) in [6, 6.07) is 0.738. The van der Waals surface area contributed by atoms with E-state index in [-0.39, 0.29) is 36.2 Å². The van der Waals surface area contributed by atoms with Gasteiger partial charge in [0.1, 0.15) is 0 Å². The van der Waals surface area contributed by atoms with Crippen LogP contribution in [-0.2, 0) is 22.3 Å². The fourth-order valence-electron chi connectivity index (χ4n) is 3.04. The van der Waals surface area contributed by atoms with E-state index in [1.165, 1.54) is 15.7 Å². The van der Waals surface area contributed by atoms with Crippen molar-refractivity contribution in [1.29, 1.82) is 0 Å². The van der Waals surface area contributed by atoms with Crippen molar-refractivity contribution in [3.8, 4) is 0 Å². The minimum atomic E-state index is -4.48. The van der Waals surface area contributed by atoms with Gasteiger partial charge in [-0.1, -0.05) is 6.58 Å². The first-order valence-corrected chi connectivity index (χ1v) is 8.55. The number of carbonyl (C=O) groups excluding carboxylic acids is 2. The van der Waals surface area contributed by atoms with Crippen LogP contribution in [-0.4, -0.2) is 45.6 Å². The molecule has 1 aromatic rings. The maximum atomic E-state index is 12.9. The molecule has 0 radical (unpaired) electrons. The number of hydrogen-bond acceptors (Lipinski definition) is 3. The lowest BCUT2D eigenvalue weighted by molar-refractivity contribution is -0.142. The van der Waals surface area contributed by atoms with E-state index in [9.17, 15) is 22.8 Å². The van der Waals surface area contributed by atoms with E-state index in [4.69, 9.17) is 0 Å². The molecule has 1 N–H and O–H groups in total. The standard InChI is InChI=1S/C17H21F3N4O2/c1-3-15(25)23-8-12(9-23)16(26)21-10(2)7-24-13(11-4-5-11)6-14(22-24)17(18,19)20/h3,6,10-12H,1,4-5,7-9H2,2H3,(H,21,26). The van der Waals surface area contributed by atoms with Crippen molar-refractivity contribution in [1.82, 2.24) is 20.0 Å². The quantitative estimate of drug-likeness (QED) is 0.778. The van der Waals surface area contributed by atoms with Crippen molar-refractivity contribution in [2.24, 2.45) is 5.92 Å². The molecule has 6 nitrogen and oxygen atoms in total. The Bertz CT molecular complexity index is 718. The van der Waals surface area contributed by atoms with Crippen LogP contribution in [0.4, 0.5) is 13.2 Å². The Balaban J connectivity index is 1.57. The van der Waals surface area contributed by atoms with Crippen LogP contribution >= 0.6 is 0 Å². The van der Waals surface area contributed by atoms with E-state index in [0.717, 1.165) is 18.9 Å². The molecular weight excluding hydrogens is 349 g/mol. The van der Waals surface area contributed by atoms with Crippen molar-refractivity contribution >= 4 is 11.8 Å². The molecule has 1 saturated heterocycles. The Labute approximate surface area is 149 Å². The van der Waals surface area contributed by atoms with Crippen LogP contribution in [0.3, 0.4) is 0 Å². The van der Waals surface area contributed by atoms with Crippen molar-refractivity contribution in [3.63, 3.8) is 0 Å². The lowest BCUT2D eigenvalue weighted by Gasteiger charge is -2.38. The molecule has 9 heteroatoms. The number of hydrogen-bond donors (Lipinski definition) is 1. The van der Waals surface area contributed by atoms with Crippen molar-refractivity contribution in [3.05, 3.63) is 30.1 Å². The van der Waals surface area contributed by atoms with Gasteiger partial charge in [-0.25, -0.2) is 0 Å². The molecule has 1 aliphatic carbocycles. The number of likely N-dealkylation sites (tertiary alicyclic amines) is 1. The molecule has 1 saturated carbocycles. The number of carbonyl (C=O) groups is 2. The molecule has 1 atom stereocenters. The minimum absolute atomic E-state index is 0.117. The zero-order valence-electron chi connectivity index (χ0n) is 14.4. The highest BCUT2D eigenvalue weighted by atomic mass is 19.4. The fourth-order valence-corrected chi connectivity index (χ4v) is 3.04.